The molecule has 0 aliphatic rings. The molecule has 0 unspecified atom stereocenters. The number of carbonyl (C=O) groups is 3. The Bertz CT molecular complexity index is 756. The molecular weight excluding hydrogens is 340 g/mol. The first-order valence-corrected chi connectivity index (χ1v) is 8.69. The molecule has 2 rings (SSSR count). The molecule has 2 N–H and O–H groups in total. The van der Waals surface area contributed by atoms with Crippen molar-refractivity contribution in [2.75, 3.05) is 19.0 Å². The number of nitrogens with one attached hydrogen (secondary N) is 2. The number of hydrogen-bond donors (Lipinski definition) is 2. The van der Waals surface area contributed by atoms with Crippen molar-refractivity contribution in [1.29, 1.82) is 0 Å². The van der Waals surface area contributed by atoms with Gasteiger partial charge in [-0.2, -0.15) is 0 Å². The molecule has 2 amide bonds. The number of aryl methyl sites for hydroxylation is 1. The fraction of sp³-hybridized carbons (Fsp3) is 0.278. The van der Waals surface area contributed by atoms with Gasteiger partial charge in [0.1, 0.15) is 0 Å². The number of thiophene rings is 1. The van der Waals surface area contributed by atoms with Crippen molar-refractivity contribution >= 4 is 34.8 Å². The van der Waals surface area contributed by atoms with E-state index in [1.54, 1.807) is 24.3 Å². The minimum atomic E-state index is -0.452. The maximum absolute atomic E-state index is 12.1. The zero-order valence-electron chi connectivity index (χ0n) is 14.1. The zero-order valence-corrected chi connectivity index (χ0v) is 14.9. The van der Waals surface area contributed by atoms with Crippen LogP contribution in [0.5, 0.6) is 0 Å². The number of esters is 1. The van der Waals surface area contributed by atoms with Crippen molar-refractivity contribution < 1.29 is 19.1 Å². The van der Waals surface area contributed by atoms with E-state index in [-0.39, 0.29) is 18.2 Å². The summed E-state index contributed by atoms with van der Waals surface area (Å²) in [6.07, 6.45) is 0.797. The first-order valence-electron chi connectivity index (χ1n) is 7.82. The second-order valence-electron chi connectivity index (χ2n) is 5.41. The van der Waals surface area contributed by atoms with Crippen molar-refractivity contribution in [2.45, 2.75) is 19.8 Å². The van der Waals surface area contributed by atoms with Gasteiger partial charge in [-0.05, 0) is 42.5 Å². The molecule has 0 bridgehead atoms. The summed E-state index contributed by atoms with van der Waals surface area (Å²) in [6.45, 7) is 2.27. The Hall–Kier alpha value is -2.67. The summed E-state index contributed by atoms with van der Waals surface area (Å²) in [7, 11) is 1.31. The van der Waals surface area contributed by atoms with Crippen LogP contribution in [0.15, 0.2) is 35.7 Å². The number of hydrogen-bond acceptors (Lipinski definition) is 5. The van der Waals surface area contributed by atoms with Crippen LogP contribution in [0.2, 0.25) is 0 Å². The molecule has 0 radical (unpaired) electrons. The van der Waals surface area contributed by atoms with E-state index < -0.39 is 5.97 Å². The Balaban J connectivity index is 1.80. The van der Waals surface area contributed by atoms with Gasteiger partial charge in [-0.15, -0.1) is 11.3 Å². The molecule has 0 fully saturated rings. The topological polar surface area (TPSA) is 84.5 Å². The summed E-state index contributed by atoms with van der Waals surface area (Å²) in [5.74, 6) is -0.751. The van der Waals surface area contributed by atoms with E-state index in [9.17, 15) is 14.4 Å². The standard InChI is InChI=1S/C18H20N2O4S/c1-12-7-8-13(18(23)24-2)11-14(12)20-16(21)6-3-9-19-17(22)15-5-4-10-25-15/h4-5,7-8,10-11H,3,6,9H2,1-2H3,(H,19,22)(H,20,21). The fourth-order valence-corrected chi connectivity index (χ4v) is 2.80. The van der Waals surface area contributed by atoms with E-state index in [4.69, 9.17) is 0 Å². The van der Waals surface area contributed by atoms with E-state index in [0.717, 1.165) is 5.56 Å². The average molecular weight is 360 g/mol. The van der Waals surface area contributed by atoms with E-state index in [1.165, 1.54) is 18.4 Å². The molecule has 0 aliphatic heterocycles. The number of rotatable bonds is 7. The van der Waals surface area contributed by atoms with Crippen molar-refractivity contribution in [3.05, 3.63) is 51.7 Å². The maximum Gasteiger partial charge on any atom is 0.337 e. The number of benzene rings is 1. The molecule has 1 aromatic carbocycles. The van der Waals surface area contributed by atoms with Gasteiger partial charge in [0, 0.05) is 18.7 Å². The molecule has 1 aromatic heterocycles. The second-order valence-corrected chi connectivity index (χ2v) is 6.35. The Labute approximate surface area is 150 Å². The van der Waals surface area contributed by atoms with Crippen molar-refractivity contribution in [3.8, 4) is 0 Å². The number of anilines is 1. The van der Waals surface area contributed by atoms with Crippen LogP contribution in [-0.2, 0) is 9.53 Å². The van der Waals surface area contributed by atoms with E-state index in [2.05, 4.69) is 15.4 Å². The predicted molar refractivity (Wildman–Crippen MR) is 97.0 cm³/mol. The molecule has 0 aliphatic carbocycles. The SMILES string of the molecule is COC(=O)c1ccc(C)c(NC(=O)CCCNC(=O)c2cccs2)c1. The third-order valence-corrected chi connectivity index (χ3v) is 4.41. The van der Waals surface area contributed by atoms with E-state index >= 15 is 0 Å². The normalized spacial score (nSPS) is 10.2. The molecule has 7 heteroatoms. The molecule has 6 nitrogen and oxygen atoms in total. The van der Waals surface area contributed by atoms with Crippen LogP contribution in [0.4, 0.5) is 5.69 Å². The number of ether oxygens (including phenoxy) is 1. The third kappa shape index (κ3) is 5.42. The summed E-state index contributed by atoms with van der Waals surface area (Å²) >= 11 is 1.38. The first-order chi connectivity index (χ1) is 12.0. The molecule has 0 spiro atoms. The molecule has 2 aromatic rings. The van der Waals surface area contributed by atoms with E-state index in [0.29, 0.717) is 29.1 Å². The lowest BCUT2D eigenvalue weighted by Gasteiger charge is -2.10. The Morgan fingerprint density at radius 3 is 2.68 bits per heavy atom. The van der Waals surface area contributed by atoms with Gasteiger partial charge in [0.05, 0.1) is 17.6 Å². The van der Waals surface area contributed by atoms with Crippen molar-refractivity contribution in [1.82, 2.24) is 5.32 Å². The predicted octanol–water partition coefficient (Wildman–Crippen LogP) is 2.99. The number of methoxy groups -OCH3 is 1. The highest BCUT2D eigenvalue weighted by atomic mass is 32.1. The molecule has 0 saturated carbocycles. The minimum absolute atomic E-state index is 0.128. The first kappa shape index (κ1) is 18.7. The fourth-order valence-electron chi connectivity index (χ4n) is 2.16. The molecule has 1 heterocycles. The lowest BCUT2D eigenvalue weighted by molar-refractivity contribution is -0.116. The van der Waals surface area contributed by atoms with Crippen LogP contribution in [-0.4, -0.2) is 31.4 Å². The van der Waals surface area contributed by atoms with Gasteiger partial charge in [-0.1, -0.05) is 12.1 Å². The van der Waals surface area contributed by atoms with Crippen LogP contribution in [0.25, 0.3) is 0 Å². The van der Waals surface area contributed by atoms with E-state index in [1.807, 2.05) is 18.4 Å². The van der Waals surface area contributed by atoms with Crippen molar-refractivity contribution in [3.63, 3.8) is 0 Å². The lowest BCUT2D eigenvalue weighted by Crippen LogP contribution is -2.24. The summed E-state index contributed by atoms with van der Waals surface area (Å²) in [5.41, 5.74) is 1.81. The molecule has 0 atom stereocenters. The highest BCUT2D eigenvalue weighted by molar-refractivity contribution is 7.12. The van der Waals surface area contributed by atoms with Gasteiger partial charge in [0.25, 0.3) is 5.91 Å². The highest BCUT2D eigenvalue weighted by Crippen LogP contribution is 2.18. The van der Waals surface area contributed by atoms with Gasteiger partial charge in [0.2, 0.25) is 5.91 Å². The van der Waals surface area contributed by atoms with Gasteiger partial charge < -0.3 is 15.4 Å². The second kappa shape index (κ2) is 8.98. The summed E-state index contributed by atoms with van der Waals surface area (Å²) in [6, 6.07) is 8.57. The Morgan fingerprint density at radius 2 is 2.00 bits per heavy atom. The molecule has 0 saturated heterocycles. The summed E-state index contributed by atoms with van der Waals surface area (Å²) < 4.78 is 4.68. The molecule has 25 heavy (non-hydrogen) atoms. The third-order valence-electron chi connectivity index (χ3n) is 3.54. The quantitative estimate of drug-likeness (QED) is 0.587. The van der Waals surface area contributed by atoms with Crippen LogP contribution >= 0.6 is 11.3 Å². The maximum atomic E-state index is 12.1. The molecular formula is C18H20N2O4S. The average Bonchev–Trinajstić information content (AvgIpc) is 3.14. The van der Waals surface area contributed by atoms with Gasteiger partial charge >= 0.3 is 5.97 Å². The zero-order chi connectivity index (χ0) is 18.2. The van der Waals surface area contributed by atoms with Crippen LogP contribution in [0.3, 0.4) is 0 Å². The monoisotopic (exact) mass is 360 g/mol. The minimum Gasteiger partial charge on any atom is -0.465 e. The van der Waals surface area contributed by atoms with Gasteiger partial charge in [-0.3, -0.25) is 9.59 Å². The van der Waals surface area contributed by atoms with Crippen LogP contribution in [0.1, 0.15) is 38.4 Å². The smallest absolute Gasteiger partial charge is 0.337 e. The number of amides is 2. The van der Waals surface area contributed by atoms with Crippen LogP contribution in [0, 0.1) is 6.92 Å². The lowest BCUT2D eigenvalue weighted by atomic mass is 10.1. The van der Waals surface area contributed by atoms with Gasteiger partial charge in [0.15, 0.2) is 0 Å². The summed E-state index contributed by atoms with van der Waals surface area (Å²) in [5, 5.41) is 7.41. The number of carbonyl (C=O) groups excluding carboxylic acids is 3. The van der Waals surface area contributed by atoms with Crippen LogP contribution < -0.4 is 10.6 Å². The Morgan fingerprint density at radius 1 is 1.20 bits per heavy atom. The largest absolute Gasteiger partial charge is 0.465 e. The van der Waals surface area contributed by atoms with Crippen molar-refractivity contribution in [2.24, 2.45) is 0 Å². The highest BCUT2D eigenvalue weighted by Gasteiger charge is 2.11. The van der Waals surface area contributed by atoms with Gasteiger partial charge in [-0.25, -0.2) is 4.79 Å². The Kier molecular flexibility index (Phi) is 6.71. The summed E-state index contributed by atoms with van der Waals surface area (Å²) in [4.78, 5) is 36.0. The molecule has 132 valence electrons.